The van der Waals surface area contributed by atoms with Gasteiger partial charge in [-0.2, -0.15) is 5.10 Å². The van der Waals surface area contributed by atoms with Crippen LogP contribution in [0.4, 0.5) is 11.5 Å². The number of hydrogen-bond donors (Lipinski definition) is 1. The zero-order valence-corrected chi connectivity index (χ0v) is 19.3. The number of anilines is 2. The number of hydrogen-bond acceptors (Lipinski definition) is 7. The lowest BCUT2D eigenvalue weighted by Gasteiger charge is -2.11. The van der Waals surface area contributed by atoms with E-state index in [9.17, 15) is 0 Å². The average Bonchev–Trinajstić information content (AvgIpc) is 3.50. The molecule has 0 aliphatic carbocycles. The summed E-state index contributed by atoms with van der Waals surface area (Å²) in [6.45, 7) is 2.10. The van der Waals surface area contributed by atoms with E-state index >= 15 is 0 Å². The van der Waals surface area contributed by atoms with Crippen LogP contribution in [0.3, 0.4) is 0 Å². The number of benzene rings is 2. The Morgan fingerprint density at radius 1 is 0.939 bits per heavy atom. The van der Waals surface area contributed by atoms with Crippen LogP contribution in [0.1, 0.15) is 5.56 Å². The van der Waals surface area contributed by atoms with Gasteiger partial charge in [-0.3, -0.25) is 0 Å². The lowest BCUT2D eigenvalue weighted by molar-refractivity contribution is 0.865. The van der Waals surface area contributed by atoms with Crippen LogP contribution in [0.25, 0.3) is 26.9 Å². The second kappa shape index (κ2) is 8.31. The average molecular weight is 467 g/mol. The molecule has 4 heterocycles. The summed E-state index contributed by atoms with van der Waals surface area (Å²) < 4.78 is 1.83. The number of thiophene rings is 1. The molecule has 6 rings (SSSR count). The SMILES string of the molecule is Cc1csc(-c2nnc(Nc3ccc(Sc4ncnn5cccc45)cc3)c3ccccc23)c1. The normalized spacial score (nSPS) is 11.3. The van der Waals surface area contributed by atoms with E-state index in [0.29, 0.717) is 0 Å². The molecule has 160 valence electrons. The molecule has 0 bridgehead atoms. The summed E-state index contributed by atoms with van der Waals surface area (Å²) in [4.78, 5) is 6.66. The van der Waals surface area contributed by atoms with Crippen LogP contribution in [-0.2, 0) is 0 Å². The van der Waals surface area contributed by atoms with Gasteiger partial charge in [0, 0.05) is 27.6 Å². The lowest BCUT2D eigenvalue weighted by Crippen LogP contribution is -1.98. The number of rotatable bonds is 5. The number of fused-ring (bicyclic) bond motifs is 2. The molecule has 1 N–H and O–H groups in total. The first-order chi connectivity index (χ1) is 16.2. The van der Waals surface area contributed by atoms with Crippen molar-refractivity contribution in [1.29, 1.82) is 0 Å². The molecular formula is C25H18N6S2. The maximum atomic E-state index is 4.56. The third kappa shape index (κ3) is 3.83. The van der Waals surface area contributed by atoms with Crippen LogP contribution >= 0.6 is 23.1 Å². The van der Waals surface area contributed by atoms with Crippen molar-refractivity contribution in [3.05, 3.63) is 90.2 Å². The van der Waals surface area contributed by atoms with Crippen molar-refractivity contribution >= 4 is 50.9 Å². The van der Waals surface area contributed by atoms with Gasteiger partial charge in [-0.05, 0) is 60.3 Å². The molecule has 0 unspecified atom stereocenters. The first-order valence-electron chi connectivity index (χ1n) is 10.4. The van der Waals surface area contributed by atoms with Gasteiger partial charge in [0.15, 0.2) is 5.82 Å². The van der Waals surface area contributed by atoms with Crippen LogP contribution in [0.2, 0.25) is 0 Å². The van der Waals surface area contributed by atoms with Crippen LogP contribution in [0.15, 0.2) is 94.6 Å². The van der Waals surface area contributed by atoms with E-state index in [1.807, 2.05) is 47.1 Å². The first-order valence-corrected chi connectivity index (χ1v) is 12.1. The second-order valence-corrected chi connectivity index (χ2v) is 9.56. The monoisotopic (exact) mass is 466 g/mol. The molecule has 0 saturated heterocycles. The zero-order chi connectivity index (χ0) is 22.2. The van der Waals surface area contributed by atoms with Gasteiger partial charge < -0.3 is 5.32 Å². The van der Waals surface area contributed by atoms with E-state index in [1.54, 1.807) is 29.4 Å². The fourth-order valence-electron chi connectivity index (χ4n) is 3.71. The largest absolute Gasteiger partial charge is 0.338 e. The van der Waals surface area contributed by atoms with Crippen molar-refractivity contribution in [2.24, 2.45) is 0 Å². The summed E-state index contributed by atoms with van der Waals surface area (Å²) in [6, 6.07) is 22.6. The molecule has 0 aliphatic rings. The topological polar surface area (TPSA) is 68.0 Å². The third-order valence-corrected chi connectivity index (χ3v) is 7.35. The van der Waals surface area contributed by atoms with Gasteiger partial charge in [-0.25, -0.2) is 9.50 Å². The van der Waals surface area contributed by atoms with Crippen LogP contribution in [0, 0.1) is 6.92 Å². The van der Waals surface area contributed by atoms with E-state index in [1.165, 1.54) is 5.56 Å². The maximum Gasteiger partial charge on any atom is 0.161 e. The van der Waals surface area contributed by atoms with Crippen molar-refractivity contribution in [2.75, 3.05) is 5.32 Å². The molecule has 0 atom stereocenters. The fraction of sp³-hybridized carbons (Fsp3) is 0.0400. The summed E-state index contributed by atoms with van der Waals surface area (Å²) in [6.07, 6.45) is 3.50. The Balaban J connectivity index is 1.28. The van der Waals surface area contributed by atoms with Crippen molar-refractivity contribution < 1.29 is 0 Å². The van der Waals surface area contributed by atoms with E-state index < -0.39 is 0 Å². The number of nitrogens with zero attached hydrogens (tertiary/aromatic N) is 5. The molecule has 0 saturated carbocycles. The number of aromatic nitrogens is 5. The van der Waals surface area contributed by atoms with E-state index in [4.69, 9.17) is 0 Å². The summed E-state index contributed by atoms with van der Waals surface area (Å²) in [5.41, 5.74) is 4.10. The summed E-state index contributed by atoms with van der Waals surface area (Å²) >= 11 is 3.31. The summed E-state index contributed by atoms with van der Waals surface area (Å²) in [5.74, 6) is 0.744. The summed E-state index contributed by atoms with van der Waals surface area (Å²) in [5, 5.41) is 21.9. The van der Waals surface area contributed by atoms with Crippen molar-refractivity contribution in [3.63, 3.8) is 0 Å². The number of nitrogens with one attached hydrogen (secondary N) is 1. The minimum atomic E-state index is 0.744. The highest BCUT2D eigenvalue weighted by molar-refractivity contribution is 7.99. The minimum absolute atomic E-state index is 0.744. The van der Waals surface area contributed by atoms with Crippen molar-refractivity contribution in [3.8, 4) is 10.6 Å². The van der Waals surface area contributed by atoms with E-state index in [-0.39, 0.29) is 0 Å². The van der Waals surface area contributed by atoms with Gasteiger partial charge in [-0.1, -0.05) is 36.0 Å². The van der Waals surface area contributed by atoms with Gasteiger partial charge in [0.05, 0.1) is 10.4 Å². The molecule has 6 nitrogen and oxygen atoms in total. The van der Waals surface area contributed by atoms with Crippen molar-refractivity contribution in [2.45, 2.75) is 16.8 Å². The van der Waals surface area contributed by atoms with E-state index in [0.717, 1.165) is 48.3 Å². The predicted molar refractivity (Wildman–Crippen MR) is 134 cm³/mol. The Bertz CT molecular complexity index is 1590. The van der Waals surface area contributed by atoms with Gasteiger partial charge >= 0.3 is 0 Å². The van der Waals surface area contributed by atoms with Crippen LogP contribution in [0.5, 0.6) is 0 Å². The molecule has 8 heteroatoms. The number of aryl methyl sites for hydroxylation is 1. The van der Waals surface area contributed by atoms with Gasteiger partial charge in [-0.15, -0.1) is 21.5 Å². The molecule has 0 radical (unpaired) electrons. The molecular weight excluding hydrogens is 448 g/mol. The standard InChI is InChI=1S/C25H18N6S2/c1-16-13-22(32-14-16)23-19-5-2-3-6-20(19)24(30-29-23)28-17-8-10-18(11-9-17)33-25-21-7-4-12-31(21)27-15-26-25/h2-15H,1H3,(H,28,30). The molecule has 0 aliphatic heterocycles. The van der Waals surface area contributed by atoms with Gasteiger partial charge in [0.1, 0.15) is 17.0 Å². The maximum absolute atomic E-state index is 4.56. The highest BCUT2D eigenvalue weighted by atomic mass is 32.2. The van der Waals surface area contributed by atoms with E-state index in [2.05, 4.69) is 68.2 Å². The molecule has 6 aromatic rings. The Morgan fingerprint density at radius 3 is 2.61 bits per heavy atom. The first kappa shape index (κ1) is 19.9. The Kier molecular flexibility index (Phi) is 5.01. The lowest BCUT2D eigenvalue weighted by atomic mass is 10.1. The molecule has 0 spiro atoms. The molecule has 0 fully saturated rings. The molecule has 2 aromatic carbocycles. The fourth-order valence-corrected chi connectivity index (χ4v) is 5.47. The quantitative estimate of drug-likeness (QED) is 0.309. The molecule has 0 amide bonds. The van der Waals surface area contributed by atoms with Crippen LogP contribution in [-0.4, -0.2) is 24.8 Å². The van der Waals surface area contributed by atoms with Gasteiger partial charge in [0.2, 0.25) is 0 Å². The third-order valence-electron chi connectivity index (χ3n) is 5.28. The van der Waals surface area contributed by atoms with Gasteiger partial charge in [0.25, 0.3) is 0 Å². The highest BCUT2D eigenvalue weighted by Gasteiger charge is 2.13. The molecule has 4 aromatic heterocycles. The highest BCUT2D eigenvalue weighted by Crippen LogP contribution is 2.35. The Hall–Kier alpha value is -3.75. The second-order valence-electron chi connectivity index (χ2n) is 7.59. The zero-order valence-electron chi connectivity index (χ0n) is 17.6. The van der Waals surface area contributed by atoms with Crippen LogP contribution < -0.4 is 5.32 Å². The smallest absolute Gasteiger partial charge is 0.161 e. The Morgan fingerprint density at radius 2 is 1.79 bits per heavy atom. The minimum Gasteiger partial charge on any atom is -0.338 e. The van der Waals surface area contributed by atoms with Crippen molar-refractivity contribution in [1.82, 2.24) is 24.8 Å². The predicted octanol–water partition coefficient (Wildman–Crippen LogP) is 6.60. The summed E-state index contributed by atoms with van der Waals surface area (Å²) in [7, 11) is 0. The Labute approximate surface area is 198 Å². The molecule has 33 heavy (non-hydrogen) atoms.